The first-order valence-electron chi connectivity index (χ1n) is 23.7. The molecule has 0 spiro atoms. The molecule has 2 aromatic rings. The van der Waals surface area contributed by atoms with Crippen LogP contribution in [0.3, 0.4) is 0 Å². The van der Waals surface area contributed by atoms with E-state index in [9.17, 15) is 29.7 Å². The van der Waals surface area contributed by atoms with Crippen molar-refractivity contribution in [3.8, 4) is 11.5 Å². The van der Waals surface area contributed by atoms with E-state index >= 15 is 0 Å². The van der Waals surface area contributed by atoms with E-state index in [4.69, 9.17) is 9.47 Å². The maximum atomic E-state index is 12.0. The van der Waals surface area contributed by atoms with Gasteiger partial charge >= 0.3 is 61.6 Å². The molecule has 0 aromatic heterocycles. The Hall–Kier alpha value is -2.50. The fraction of sp³-hybridized carbons (Fsp3) is 0.680. The minimum Gasteiger partial charge on any atom is -0.661 e. The summed E-state index contributed by atoms with van der Waals surface area (Å²) in [5, 5.41) is 20.6. The molecule has 0 radical (unpaired) electrons. The molecule has 0 atom stereocenters. The van der Waals surface area contributed by atoms with Gasteiger partial charge in [-0.1, -0.05) is 218 Å². The van der Waals surface area contributed by atoms with Crippen LogP contribution in [0.4, 0.5) is 0 Å². The summed E-state index contributed by atoms with van der Waals surface area (Å²) in [6.07, 6.45) is 38.7. The number of benzene rings is 2. The Morgan fingerprint density at radius 1 is 0.377 bits per heavy atom. The van der Waals surface area contributed by atoms with E-state index < -0.39 is 23.9 Å². The Morgan fingerprint density at radius 2 is 0.607 bits per heavy atom. The van der Waals surface area contributed by atoms with E-state index in [0.717, 1.165) is 38.5 Å². The van der Waals surface area contributed by atoms with Crippen molar-refractivity contribution in [2.45, 2.75) is 219 Å². The summed E-state index contributed by atoms with van der Waals surface area (Å²) in [6.45, 7) is 4.52. The normalized spacial score (nSPS) is 10.6. The molecule has 0 heterocycles. The Kier molecular flexibility index (Phi) is 41.0. The van der Waals surface area contributed by atoms with Crippen LogP contribution in [-0.2, 0) is 19.4 Å². The molecular formula is C50H78CaO10. The molecule has 11 heteroatoms. The van der Waals surface area contributed by atoms with E-state index in [2.05, 4.69) is 23.6 Å². The van der Waals surface area contributed by atoms with E-state index in [-0.39, 0.29) is 60.4 Å². The second-order valence-corrected chi connectivity index (χ2v) is 16.1. The Bertz CT molecular complexity index is 1280. The summed E-state index contributed by atoms with van der Waals surface area (Å²) >= 11 is 0. The van der Waals surface area contributed by atoms with Gasteiger partial charge in [-0.2, -0.15) is 0 Å². The van der Waals surface area contributed by atoms with Gasteiger partial charge in [0.25, 0.3) is 0 Å². The smallest absolute Gasteiger partial charge is 0.661 e. The summed E-state index contributed by atoms with van der Waals surface area (Å²) in [5.74, 6) is -2.74. The summed E-state index contributed by atoms with van der Waals surface area (Å²) < 4.78 is 10.4. The second-order valence-electron chi connectivity index (χ2n) is 16.1. The molecule has 0 saturated heterocycles. The second kappa shape index (κ2) is 42.8. The number of para-hydroxylation sites is 2. The van der Waals surface area contributed by atoms with Crippen molar-refractivity contribution in [2.24, 2.45) is 0 Å². The number of esters is 2. The Morgan fingerprint density at radius 3 is 0.852 bits per heavy atom. The fourth-order valence-electron chi connectivity index (χ4n) is 7.17. The van der Waals surface area contributed by atoms with Crippen LogP contribution >= 0.6 is 0 Å². The average molecular weight is 879 g/mol. The summed E-state index contributed by atoms with van der Waals surface area (Å²) in [6, 6.07) is 12.2. The standard InChI is InChI=1S/2C25H40O5.Ca/c2*1-2-3-4-5-6-7-8-9-10-11-12-13-14-15-16-21-24(26)29-23-20-18-17-19-22(23)25(27)30-28;/h2*17-20,28H,2-16,21H2,1H3;/q;;+2/p-2. The van der Waals surface area contributed by atoms with Crippen LogP contribution in [-0.4, -0.2) is 61.6 Å². The topological polar surface area (TPSA) is 151 Å². The van der Waals surface area contributed by atoms with E-state index in [1.165, 1.54) is 178 Å². The molecule has 2 rings (SSSR count). The van der Waals surface area contributed by atoms with Crippen LogP contribution in [0.15, 0.2) is 48.5 Å². The van der Waals surface area contributed by atoms with Crippen LogP contribution < -0.4 is 20.0 Å². The van der Waals surface area contributed by atoms with Crippen LogP contribution in [0.2, 0.25) is 0 Å². The third-order valence-corrected chi connectivity index (χ3v) is 10.8. The average Bonchev–Trinajstić information content (AvgIpc) is 3.26. The predicted molar refractivity (Wildman–Crippen MR) is 240 cm³/mol. The third kappa shape index (κ3) is 32.8. The molecule has 0 aliphatic carbocycles. The fourth-order valence-corrected chi connectivity index (χ4v) is 7.17. The summed E-state index contributed by atoms with van der Waals surface area (Å²) in [5.41, 5.74) is -0.0605. The molecule has 0 bridgehead atoms. The number of hydrogen-bond donors (Lipinski definition) is 0. The van der Waals surface area contributed by atoms with Crippen molar-refractivity contribution in [1.29, 1.82) is 0 Å². The van der Waals surface area contributed by atoms with Crippen molar-refractivity contribution < 1.29 is 48.9 Å². The quantitative estimate of drug-likeness (QED) is 0.0161. The Balaban J connectivity index is 0.00000116. The van der Waals surface area contributed by atoms with Gasteiger partial charge < -0.3 is 29.8 Å². The molecule has 10 nitrogen and oxygen atoms in total. The molecule has 0 N–H and O–H groups in total. The third-order valence-electron chi connectivity index (χ3n) is 10.8. The molecule has 0 aliphatic rings. The van der Waals surface area contributed by atoms with Gasteiger partial charge in [0.05, 0.1) is 0 Å². The van der Waals surface area contributed by atoms with Gasteiger partial charge in [-0.25, -0.2) is 9.59 Å². The summed E-state index contributed by atoms with van der Waals surface area (Å²) in [7, 11) is 0. The van der Waals surface area contributed by atoms with Gasteiger partial charge in [0.1, 0.15) is 22.6 Å². The monoisotopic (exact) mass is 879 g/mol. The van der Waals surface area contributed by atoms with E-state index in [1.54, 1.807) is 24.3 Å². The van der Waals surface area contributed by atoms with Gasteiger partial charge in [0.15, 0.2) is 0 Å². The maximum absolute atomic E-state index is 12.0. The number of ether oxygens (including phenoxy) is 2. The van der Waals surface area contributed by atoms with Gasteiger partial charge in [0.2, 0.25) is 0 Å². The Labute approximate surface area is 398 Å². The molecular weight excluding hydrogens is 801 g/mol. The summed E-state index contributed by atoms with van der Waals surface area (Å²) in [4.78, 5) is 53.6. The largest absolute Gasteiger partial charge is 2.00 e. The van der Waals surface area contributed by atoms with Gasteiger partial charge in [-0.15, -0.1) is 0 Å². The minimum atomic E-state index is -1.05. The van der Waals surface area contributed by atoms with Crippen LogP contribution in [0.25, 0.3) is 0 Å². The molecule has 0 unspecified atom stereocenters. The molecule has 0 aliphatic heterocycles. The van der Waals surface area contributed by atoms with Crippen LogP contribution in [0, 0.1) is 0 Å². The van der Waals surface area contributed by atoms with E-state index in [0.29, 0.717) is 12.8 Å². The van der Waals surface area contributed by atoms with Gasteiger partial charge in [0, 0.05) is 12.8 Å². The zero-order valence-electron chi connectivity index (χ0n) is 38.0. The van der Waals surface area contributed by atoms with Crippen molar-refractivity contribution >= 4 is 61.6 Å². The first-order valence-corrected chi connectivity index (χ1v) is 23.7. The van der Waals surface area contributed by atoms with Crippen molar-refractivity contribution in [2.75, 3.05) is 0 Å². The number of rotatable bonds is 36. The molecule has 61 heavy (non-hydrogen) atoms. The molecule has 0 saturated carbocycles. The first kappa shape index (κ1) is 58.5. The number of hydrogen-bond acceptors (Lipinski definition) is 10. The van der Waals surface area contributed by atoms with Crippen molar-refractivity contribution in [1.82, 2.24) is 0 Å². The van der Waals surface area contributed by atoms with Gasteiger partial charge in [-0.05, 0) is 37.1 Å². The number of carbonyl (C=O) groups excluding carboxylic acids is 4. The number of unbranched alkanes of at least 4 members (excludes halogenated alkanes) is 28. The predicted octanol–water partition coefficient (Wildman–Crippen LogP) is 12.2. The van der Waals surface area contributed by atoms with Crippen molar-refractivity contribution in [3.63, 3.8) is 0 Å². The first-order chi connectivity index (χ1) is 29.4. The van der Waals surface area contributed by atoms with Crippen LogP contribution in [0.5, 0.6) is 11.5 Å². The van der Waals surface area contributed by atoms with Crippen LogP contribution in [0.1, 0.15) is 240 Å². The zero-order chi connectivity index (χ0) is 43.7. The SMILES string of the molecule is CCCCCCCCCCCCCCCCCC(=O)Oc1ccccc1C(=O)O[O-].CCCCCCCCCCCCCCCCCC(=O)Oc1ccccc1C(=O)O[O-].[Ca+2]. The molecule has 0 fully saturated rings. The van der Waals surface area contributed by atoms with Gasteiger partial charge in [-0.3, -0.25) is 9.59 Å². The maximum Gasteiger partial charge on any atom is 2.00 e. The molecule has 340 valence electrons. The molecule has 2 aromatic carbocycles. The number of carbonyl (C=O) groups is 4. The molecule has 0 amide bonds. The minimum absolute atomic E-state index is 0. The van der Waals surface area contributed by atoms with Crippen molar-refractivity contribution in [3.05, 3.63) is 59.7 Å². The zero-order valence-corrected chi connectivity index (χ0v) is 40.2. The van der Waals surface area contributed by atoms with E-state index in [1.807, 2.05) is 0 Å².